The Hall–Kier alpha value is -2.63. The monoisotopic (exact) mass is 353 g/mol. The number of unbranched alkanes of at least 4 members (excludes halogenated alkanes) is 1. The van der Waals surface area contributed by atoms with Gasteiger partial charge in [0.05, 0.1) is 12.8 Å². The van der Waals surface area contributed by atoms with Gasteiger partial charge in [0, 0.05) is 19.2 Å². The summed E-state index contributed by atoms with van der Waals surface area (Å²) in [7, 11) is 0. The molecule has 0 saturated carbocycles. The zero-order valence-electron chi connectivity index (χ0n) is 15.4. The molecule has 6 nitrogen and oxygen atoms in total. The van der Waals surface area contributed by atoms with Crippen molar-refractivity contribution in [3.63, 3.8) is 0 Å². The molecule has 1 aliphatic heterocycles. The third kappa shape index (κ3) is 5.44. The Bertz CT molecular complexity index is 696. The van der Waals surface area contributed by atoms with E-state index in [0.717, 1.165) is 49.7 Å². The first-order chi connectivity index (χ1) is 12.8. The molecule has 26 heavy (non-hydrogen) atoms. The topological polar surface area (TPSA) is 62.6 Å². The molecular formula is C20H27N5O. The summed E-state index contributed by atoms with van der Waals surface area (Å²) in [5.74, 6) is 2.56. The van der Waals surface area contributed by atoms with Crippen molar-refractivity contribution in [3.05, 3.63) is 42.2 Å². The van der Waals surface area contributed by atoms with Crippen molar-refractivity contribution in [2.75, 3.05) is 30.0 Å². The summed E-state index contributed by atoms with van der Waals surface area (Å²) in [4.78, 5) is 10.9. The minimum Gasteiger partial charge on any atom is -0.494 e. The molecule has 0 amide bonds. The fraction of sp³-hybridized carbons (Fsp3) is 0.450. The Balaban J connectivity index is 1.53. The summed E-state index contributed by atoms with van der Waals surface area (Å²) >= 11 is 0. The van der Waals surface area contributed by atoms with Crippen LogP contribution in [0.3, 0.4) is 0 Å². The van der Waals surface area contributed by atoms with Gasteiger partial charge in [-0.15, -0.1) is 0 Å². The summed E-state index contributed by atoms with van der Waals surface area (Å²) < 4.78 is 5.66. The van der Waals surface area contributed by atoms with Gasteiger partial charge in [-0.05, 0) is 55.5 Å². The highest BCUT2D eigenvalue weighted by atomic mass is 16.5. The highest BCUT2D eigenvalue weighted by molar-refractivity contribution is 5.80. The first-order valence-electron chi connectivity index (χ1n) is 9.44. The number of rotatable bonds is 8. The summed E-state index contributed by atoms with van der Waals surface area (Å²) in [6.07, 6.45) is 9.33. The molecule has 0 spiro atoms. The van der Waals surface area contributed by atoms with E-state index < -0.39 is 0 Å². The highest BCUT2D eigenvalue weighted by Crippen LogP contribution is 2.19. The lowest BCUT2D eigenvalue weighted by Gasteiger charge is -2.27. The first-order valence-corrected chi connectivity index (χ1v) is 9.44. The summed E-state index contributed by atoms with van der Waals surface area (Å²) in [6.45, 7) is 5.04. The quantitative estimate of drug-likeness (QED) is 0.440. The number of anilines is 2. The van der Waals surface area contributed by atoms with Crippen LogP contribution in [0.25, 0.3) is 0 Å². The molecule has 3 rings (SSSR count). The van der Waals surface area contributed by atoms with E-state index in [1.165, 1.54) is 19.3 Å². The van der Waals surface area contributed by atoms with Crippen LogP contribution in [0, 0.1) is 0 Å². The van der Waals surface area contributed by atoms with Crippen LogP contribution in [0.1, 0.15) is 44.6 Å². The lowest BCUT2D eigenvalue weighted by Crippen LogP contribution is -2.30. The van der Waals surface area contributed by atoms with Gasteiger partial charge in [-0.25, -0.2) is 9.97 Å². The van der Waals surface area contributed by atoms with Crippen molar-refractivity contribution < 1.29 is 4.74 Å². The standard InChI is InChI=1S/C20H27N5O/c1-2-3-13-26-18-9-7-17(8-10-18)15-23-24-19-14-20(22-16-21-19)25-11-5-4-6-12-25/h7-10,14-16H,2-6,11-13H2,1H3,(H,21,22,24)/b23-15-. The van der Waals surface area contributed by atoms with Crippen molar-refractivity contribution >= 4 is 17.9 Å². The Morgan fingerprint density at radius 2 is 1.96 bits per heavy atom. The molecule has 0 atom stereocenters. The van der Waals surface area contributed by atoms with Gasteiger partial charge >= 0.3 is 0 Å². The van der Waals surface area contributed by atoms with Crippen LogP contribution in [0.5, 0.6) is 5.75 Å². The van der Waals surface area contributed by atoms with Crippen molar-refractivity contribution in [1.29, 1.82) is 0 Å². The zero-order valence-corrected chi connectivity index (χ0v) is 15.4. The van der Waals surface area contributed by atoms with Crippen molar-refractivity contribution in [2.45, 2.75) is 39.0 Å². The van der Waals surface area contributed by atoms with Crippen molar-refractivity contribution in [1.82, 2.24) is 9.97 Å². The van der Waals surface area contributed by atoms with Crippen LogP contribution in [-0.4, -0.2) is 35.9 Å². The van der Waals surface area contributed by atoms with Crippen molar-refractivity contribution in [3.8, 4) is 5.75 Å². The van der Waals surface area contributed by atoms with E-state index >= 15 is 0 Å². The van der Waals surface area contributed by atoms with E-state index in [0.29, 0.717) is 5.82 Å². The summed E-state index contributed by atoms with van der Waals surface area (Å²) in [6, 6.07) is 9.87. The Morgan fingerprint density at radius 1 is 1.15 bits per heavy atom. The summed E-state index contributed by atoms with van der Waals surface area (Å²) in [5.41, 5.74) is 3.99. The molecule has 0 aliphatic carbocycles. The zero-order chi connectivity index (χ0) is 18.0. The molecule has 6 heteroatoms. The van der Waals surface area contributed by atoms with Gasteiger partial charge in [0.15, 0.2) is 5.82 Å². The fourth-order valence-corrected chi connectivity index (χ4v) is 2.86. The minimum atomic E-state index is 0.705. The smallest absolute Gasteiger partial charge is 0.151 e. The van der Waals surface area contributed by atoms with Crippen molar-refractivity contribution in [2.24, 2.45) is 5.10 Å². The second kappa shape index (κ2) is 9.75. The third-order valence-electron chi connectivity index (χ3n) is 4.37. The van der Waals surface area contributed by atoms with E-state index in [1.54, 1.807) is 12.5 Å². The molecule has 1 aliphatic rings. The van der Waals surface area contributed by atoms with E-state index in [1.807, 2.05) is 30.3 Å². The Morgan fingerprint density at radius 3 is 2.73 bits per heavy atom. The lowest BCUT2D eigenvalue weighted by atomic mass is 10.1. The number of hydrogen-bond acceptors (Lipinski definition) is 6. The largest absolute Gasteiger partial charge is 0.494 e. The molecule has 1 aromatic heterocycles. The summed E-state index contributed by atoms with van der Waals surface area (Å²) in [5, 5.41) is 4.28. The molecule has 1 saturated heterocycles. The van der Waals surface area contributed by atoms with Gasteiger partial charge < -0.3 is 9.64 Å². The average Bonchev–Trinajstić information content (AvgIpc) is 2.70. The van der Waals surface area contributed by atoms with Crippen LogP contribution < -0.4 is 15.1 Å². The number of benzene rings is 1. The van der Waals surface area contributed by atoms with Gasteiger partial charge in [0.2, 0.25) is 0 Å². The van der Waals surface area contributed by atoms with E-state index in [-0.39, 0.29) is 0 Å². The maximum Gasteiger partial charge on any atom is 0.151 e. The predicted molar refractivity (Wildman–Crippen MR) is 106 cm³/mol. The van der Waals surface area contributed by atoms with Crippen LogP contribution in [0.4, 0.5) is 11.6 Å². The molecule has 2 aromatic rings. The fourth-order valence-electron chi connectivity index (χ4n) is 2.86. The van der Waals surface area contributed by atoms with Gasteiger partial charge in [-0.2, -0.15) is 5.10 Å². The second-order valence-electron chi connectivity index (χ2n) is 6.45. The van der Waals surface area contributed by atoms with Crippen LogP contribution in [0.15, 0.2) is 41.8 Å². The molecule has 2 heterocycles. The van der Waals surface area contributed by atoms with Gasteiger partial charge in [-0.3, -0.25) is 5.43 Å². The number of nitrogens with zero attached hydrogens (tertiary/aromatic N) is 4. The van der Waals surface area contributed by atoms with E-state index in [2.05, 4.69) is 32.3 Å². The Labute approximate surface area is 155 Å². The number of ether oxygens (including phenoxy) is 1. The van der Waals surface area contributed by atoms with Gasteiger partial charge in [0.1, 0.15) is 17.9 Å². The number of hydrogen-bond donors (Lipinski definition) is 1. The second-order valence-corrected chi connectivity index (χ2v) is 6.45. The molecule has 0 bridgehead atoms. The molecule has 0 unspecified atom stereocenters. The number of piperidine rings is 1. The number of nitrogens with one attached hydrogen (secondary N) is 1. The first kappa shape index (κ1) is 18.2. The maximum atomic E-state index is 5.66. The van der Waals surface area contributed by atoms with Gasteiger partial charge in [-0.1, -0.05) is 13.3 Å². The van der Waals surface area contributed by atoms with Gasteiger partial charge in [0.25, 0.3) is 0 Å². The normalized spacial score (nSPS) is 14.6. The molecule has 0 radical (unpaired) electrons. The van der Waals surface area contributed by atoms with Crippen LogP contribution >= 0.6 is 0 Å². The predicted octanol–water partition coefficient (Wildman–Crippen LogP) is 4.09. The van der Waals surface area contributed by atoms with E-state index in [9.17, 15) is 0 Å². The molecular weight excluding hydrogens is 326 g/mol. The number of hydrazone groups is 1. The van der Waals surface area contributed by atoms with Crippen LogP contribution in [0.2, 0.25) is 0 Å². The molecule has 138 valence electrons. The minimum absolute atomic E-state index is 0.705. The Kier molecular flexibility index (Phi) is 6.81. The lowest BCUT2D eigenvalue weighted by molar-refractivity contribution is 0.309. The number of aromatic nitrogens is 2. The van der Waals surface area contributed by atoms with E-state index in [4.69, 9.17) is 4.74 Å². The highest BCUT2D eigenvalue weighted by Gasteiger charge is 2.12. The molecule has 1 fully saturated rings. The SMILES string of the molecule is CCCCOc1ccc(/C=N\Nc2cc(N3CCCCC3)ncn2)cc1. The molecule has 1 N–H and O–H groups in total. The maximum absolute atomic E-state index is 5.66. The average molecular weight is 353 g/mol. The molecule has 1 aromatic carbocycles. The van der Waals surface area contributed by atoms with Crippen LogP contribution in [-0.2, 0) is 0 Å². The third-order valence-corrected chi connectivity index (χ3v) is 4.37.